The lowest BCUT2D eigenvalue weighted by atomic mass is 10.1. The number of nitrogens with zero attached hydrogens (tertiary/aromatic N) is 3. The molecule has 4 rings (SSSR count). The number of aromatic carboxylic acids is 1. The van der Waals surface area contributed by atoms with Gasteiger partial charge in [0.25, 0.3) is 0 Å². The van der Waals surface area contributed by atoms with Crippen molar-refractivity contribution in [1.82, 2.24) is 9.55 Å². The molecule has 0 amide bonds. The van der Waals surface area contributed by atoms with Crippen LogP contribution in [0.5, 0.6) is 0 Å². The first-order valence-electron chi connectivity index (χ1n) is 8.42. The van der Waals surface area contributed by atoms with Crippen molar-refractivity contribution < 1.29 is 14.6 Å². The van der Waals surface area contributed by atoms with E-state index in [1.54, 1.807) is 6.92 Å². The molecule has 1 fully saturated rings. The molecule has 0 saturated carbocycles. The summed E-state index contributed by atoms with van der Waals surface area (Å²) in [6.45, 7) is 3.17. The highest BCUT2D eigenvalue weighted by molar-refractivity contribution is 7.17. The topological polar surface area (TPSA) is 88.1 Å². The summed E-state index contributed by atoms with van der Waals surface area (Å²) in [6.07, 6.45) is 3.79. The van der Waals surface area contributed by atoms with E-state index in [1.807, 2.05) is 24.4 Å². The van der Waals surface area contributed by atoms with Crippen LogP contribution >= 0.6 is 11.3 Å². The Balaban J connectivity index is 1.81. The van der Waals surface area contributed by atoms with E-state index in [0.717, 1.165) is 53.9 Å². The third kappa shape index (κ3) is 2.77. The van der Waals surface area contributed by atoms with Crippen molar-refractivity contribution in [2.24, 2.45) is 0 Å². The van der Waals surface area contributed by atoms with Gasteiger partial charge in [0.05, 0.1) is 11.3 Å². The number of hydrogen-bond acceptors (Lipinski definition) is 5. The number of carbonyl (C=O) groups is 1. The van der Waals surface area contributed by atoms with Gasteiger partial charge < -0.3 is 14.4 Å². The zero-order valence-corrected chi connectivity index (χ0v) is 15.0. The minimum atomic E-state index is -0.962. The van der Waals surface area contributed by atoms with Gasteiger partial charge in [-0.25, -0.2) is 9.78 Å². The standard InChI is InChI=1S/C19H17N3O3S/c1-11-17(19(23)24)26-18(21-11)12-2-3-16-15(8-12)13(9-20)10-22(16)14-4-6-25-7-5-14/h2-3,8,10,14H,4-7H2,1H3,(H,23,24). The molecule has 0 aliphatic carbocycles. The Morgan fingerprint density at radius 3 is 2.85 bits per heavy atom. The Morgan fingerprint density at radius 1 is 1.42 bits per heavy atom. The average molecular weight is 367 g/mol. The summed E-state index contributed by atoms with van der Waals surface area (Å²) in [5, 5.41) is 20.3. The normalized spacial score (nSPS) is 15.2. The highest BCUT2D eigenvalue weighted by Crippen LogP contribution is 2.34. The Bertz CT molecular complexity index is 1040. The molecule has 3 heterocycles. The van der Waals surface area contributed by atoms with Crippen LogP contribution in [0.25, 0.3) is 21.5 Å². The summed E-state index contributed by atoms with van der Waals surface area (Å²) in [5.74, 6) is -0.962. The molecule has 2 aromatic heterocycles. The van der Waals surface area contributed by atoms with Crippen LogP contribution in [0.15, 0.2) is 24.4 Å². The van der Waals surface area contributed by atoms with Crippen molar-refractivity contribution in [1.29, 1.82) is 5.26 Å². The molecule has 1 aliphatic heterocycles. The van der Waals surface area contributed by atoms with Crippen molar-refractivity contribution in [3.63, 3.8) is 0 Å². The molecule has 26 heavy (non-hydrogen) atoms. The van der Waals surface area contributed by atoms with Crippen molar-refractivity contribution >= 4 is 28.2 Å². The molecule has 3 aromatic rings. The predicted octanol–water partition coefficient (Wildman–Crippen LogP) is 3.99. The van der Waals surface area contributed by atoms with Crippen LogP contribution in [-0.4, -0.2) is 33.8 Å². The number of aromatic nitrogens is 2. The molecular formula is C19H17N3O3S. The zero-order chi connectivity index (χ0) is 18.3. The fraction of sp³-hybridized carbons (Fsp3) is 0.316. The third-order valence-corrected chi connectivity index (χ3v) is 5.97. The molecule has 0 atom stereocenters. The average Bonchev–Trinajstić information content (AvgIpc) is 3.22. The van der Waals surface area contributed by atoms with Gasteiger partial charge in [-0.05, 0) is 38.0 Å². The number of rotatable bonds is 3. The van der Waals surface area contributed by atoms with Crippen LogP contribution < -0.4 is 0 Å². The SMILES string of the molecule is Cc1nc(-c2ccc3c(c2)c(C#N)cn3C2CCOCC2)sc1C(=O)O. The minimum Gasteiger partial charge on any atom is -0.477 e. The van der Waals surface area contributed by atoms with Gasteiger partial charge in [0.2, 0.25) is 0 Å². The van der Waals surface area contributed by atoms with Crippen molar-refractivity contribution in [3.05, 3.63) is 40.5 Å². The van der Waals surface area contributed by atoms with E-state index < -0.39 is 5.97 Å². The van der Waals surface area contributed by atoms with Gasteiger partial charge in [0.15, 0.2) is 0 Å². The first-order chi connectivity index (χ1) is 12.6. The van der Waals surface area contributed by atoms with E-state index in [2.05, 4.69) is 15.6 Å². The van der Waals surface area contributed by atoms with E-state index in [-0.39, 0.29) is 4.88 Å². The van der Waals surface area contributed by atoms with Crippen molar-refractivity contribution in [2.75, 3.05) is 13.2 Å². The highest BCUT2D eigenvalue weighted by atomic mass is 32.1. The van der Waals surface area contributed by atoms with E-state index in [0.29, 0.717) is 22.3 Å². The Kier molecular flexibility index (Phi) is 4.23. The molecule has 7 heteroatoms. The fourth-order valence-corrected chi connectivity index (χ4v) is 4.36. The smallest absolute Gasteiger partial charge is 0.347 e. The first-order valence-corrected chi connectivity index (χ1v) is 9.23. The Morgan fingerprint density at radius 2 is 2.19 bits per heavy atom. The number of fused-ring (bicyclic) bond motifs is 1. The molecule has 0 spiro atoms. The minimum absolute atomic E-state index is 0.250. The molecule has 0 unspecified atom stereocenters. The lowest BCUT2D eigenvalue weighted by molar-refractivity contribution is 0.0699. The maximum absolute atomic E-state index is 11.3. The van der Waals surface area contributed by atoms with Crippen LogP contribution in [0.1, 0.15) is 39.8 Å². The number of nitriles is 1. The number of aryl methyl sites for hydroxylation is 1. The number of carboxylic acids is 1. The van der Waals surface area contributed by atoms with E-state index in [1.165, 1.54) is 0 Å². The summed E-state index contributed by atoms with van der Waals surface area (Å²) >= 11 is 1.16. The number of carboxylic acid groups (broad SMARTS) is 1. The summed E-state index contributed by atoms with van der Waals surface area (Å²) in [5.41, 5.74) is 2.99. The molecule has 1 saturated heterocycles. The largest absolute Gasteiger partial charge is 0.477 e. The molecule has 132 valence electrons. The second-order valence-corrected chi connectivity index (χ2v) is 7.38. The number of ether oxygens (including phenoxy) is 1. The number of thiazole rings is 1. The fourth-order valence-electron chi connectivity index (χ4n) is 3.46. The van der Waals surface area contributed by atoms with Gasteiger partial charge in [0.1, 0.15) is 16.0 Å². The van der Waals surface area contributed by atoms with Gasteiger partial charge in [0, 0.05) is 41.9 Å². The number of hydrogen-bond donors (Lipinski definition) is 1. The monoisotopic (exact) mass is 367 g/mol. The zero-order valence-electron chi connectivity index (χ0n) is 14.2. The lowest BCUT2D eigenvalue weighted by Gasteiger charge is -2.24. The van der Waals surface area contributed by atoms with Gasteiger partial charge in [-0.1, -0.05) is 0 Å². The van der Waals surface area contributed by atoms with Crippen LogP contribution in [0.4, 0.5) is 0 Å². The molecule has 1 aromatic carbocycles. The first kappa shape index (κ1) is 16.8. The van der Waals surface area contributed by atoms with E-state index in [9.17, 15) is 15.2 Å². The maximum atomic E-state index is 11.3. The van der Waals surface area contributed by atoms with Gasteiger partial charge in [-0.3, -0.25) is 0 Å². The van der Waals surface area contributed by atoms with Crippen LogP contribution in [0.3, 0.4) is 0 Å². The Hall–Kier alpha value is -2.69. The lowest BCUT2D eigenvalue weighted by Crippen LogP contribution is -2.18. The number of benzene rings is 1. The molecule has 1 aliphatic rings. The quantitative estimate of drug-likeness (QED) is 0.756. The second-order valence-electron chi connectivity index (χ2n) is 6.38. The van der Waals surface area contributed by atoms with Gasteiger partial charge >= 0.3 is 5.97 Å². The summed E-state index contributed by atoms with van der Waals surface area (Å²) in [7, 11) is 0. The maximum Gasteiger partial charge on any atom is 0.347 e. The van der Waals surface area contributed by atoms with Crippen LogP contribution in [0.2, 0.25) is 0 Å². The highest BCUT2D eigenvalue weighted by Gasteiger charge is 2.21. The van der Waals surface area contributed by atoms with Gasteiger partial charge in [-0.15, -0.1) is 11.3 Å². The van der Waals surface area contributed by atoms with E-state index in [4.69, 9.17) is 4.74 Å². The third-order valence-electron chi connectivity index (χ3n) is 4.78. The van der Waals surface area contributed by atoms with Crippen LogP contribution in [0, 0.1) is 18.3 Å². The van der Waals surface area contributed by atoms with Crippen molar-refractivity contribution in [2.45, 2.75) is 25.8 Å². The summed E-state index contributed by atoms with van der Waals surface area (Å²) < 4.78 is 7.62. The van der Waals surface area contributed by atoms with Gasteiger partial charge in [-0.2, -0.15) is 5.26 Å². The predicted molar refractivity (Wildman–Crippen MR) is 98.5 cm³/mol. The molecule has 6 nitrogen and oxygen atoms in total. The Labute approximate surface area is 154 Å². The molecule has 1 N–H and O–H groups in total. The summed E-state index contributed by atoms with van der Waals surface area (Å²) in [6, 6.07) is 8.50. The summed E-state index contributed by atoms with van der Waals surface area (Å²) in [4.78, 5) is 15.9. The molecule has 0 bridgehead atoms. The van der Waals surface area contributed by atoms with Crippen molar-refractivity contribution in [3.8, 4) is 16.6 Å². The molecular weight excluding hydrogens is 350 g/mol. The molecule has 0 radical (unpaired) electrons. The van der Waals surface area contributed by atoms with Crippen LogP contribution in [-0.2, 0) is 4.74 Å². The second kappa shape index (κ2) is 6.56. The van der Waals surface area contributed by atoms with E-state index >= 15 is 0 Å².